The molecule has 0 aliphatic heterocycles. The Morgan fingerprint density at radius 3 is 2.70 bits per heavy atom. The molecule has 1 aromatic heterocycles. The molecule has 0 saturated carbocycles. The van der Waals surface area contributed by atoms with Gasteiger partial charge < -0.3 is 20.0 Å². The number of carbonyl (C=O) groups is 1. The fourth-order valence-corrected chi connectivity index (χ4v) is 2.14. The number of H-pyrrole nitrogens is 2. The van der Waals surface area contributed by atoms with E-state index in [0.29, 0.717) is 16.7 Å². The molecule has 3 N–H and O–H groups in total. The van der Waals surface area contributed by atoms with Gasteiger partial charge in [-0.05, 0) is 37.3 Å². The third-order valence-corrected chi connectivity index (χ3v) is 3.29. The van der Waals surface area contributed by atoms with Crippen LogP contribution in [0.2, 0.25) is 0 Å². The highest BCUT2D eigenvalue weighted by atomic mass is 19.1. The van der Waals surface area contributed by atoms with E-state index in [-0.39, 0.29) is 11.4 Å². The highest BCUT2D eigenvalue weighted by Gasteiger charge is 2.16. The zero-order valence-electron chi connectivity index (χ0n) is 12.2. The number of aromatic nitrogens is 2. The number of carbonyl (C=O) groups excluding carboxylic acids is 1. The number of hydrogen-bond acceptors (Lipinski definition) is 3. The van der Waals surface area contributed by atoms with Crippen molar-refractivity contribution < 1.29 is 13.9 Å². The molecule has 1 unspecified atom stereocenters. The maximum absolute atomic E-state index is 13.5. The average Bonchev–Trinajstić information content (AvgIpc) is 2.88. The first-order valence-electron chi connectivity index (χ1n) is 6.97. The van der Waals surface area contributed by atoms with E-state index in [1.54, 1.807) is 30.3 Å². The summed E-state index contributed by atoms with van der Waals surface area (Å²) in [5.41, 5.74) is 1.40. The minimum Gasteiger partial charge on any atom is -0.478 e. The van der Waals surface area contributed by atoms with Crippen molar-refractivity contribution in [2.24, 2.45) is 0 Å². The molecule has 1 amide bonds. The highest BCUT2D eigenvalue weighted by Crippen LogP contribution is 2.18. The predicted molar refractivity (Wildman–Crippen MR) is 84.0 cm³/mol. The molecule has 1 heterocycles. The number of hydrogen-bond donors (Lipinski definition) is 3. The first-order valence-corrected chi connectivity index (χ1v) is 6.97. The molecule has 7 heteroatoms. The fraction of sp³-hybridized carbons (Fsp3) is 0.125. The lowest BCUT2D eigenvalue weighted by molar-refractivity contribution is -0.122. The van der Waals surface area contributed by atoms with Crippen molar-refractivity contribution in [1.29, 1.82) is 0 Å². The lowest BCUT2D eigenvalue weighted by Crippen LogP contribution is -2.30. The number of fused-ring (bicyclic) bond motifs is 1. The molecule has 0 radical (unpaired) electrons. The second-order valence-electron chi connectivity index (χ2n) is 5.02. The van der Waals surface area contributed by atoms with Crippen LogP contribution in [0.15, 0.2) is 47.3 Å². The predicted octanol–water partition coefficient (Wildman–Crippen LogP) is 2.40. The molecular formula is C16H14FN3O3. The van der Waals surface area contributed by atoms with Crippen molar-refractivity contribution in [3.63, 3.8) is 0 Å². The van der Waals surface area contributed by atoms with Crippen molar-refractivity contribution in [1.82, 2.24) is 9.97 Å². The quantitative estimate of drug-likeness (QED) is 0.691. The Morgan fingerprint density at radius 2 is 1.91 bits per heavy atom. The number of amides is 1. The highest BCUT2D eigenvalue weighted by molar-refractivity contribution is 5.95. The van der Waals surface area contributed by atoms with Crippen molar-refractivity contribution in [3.05, 3.63) is 58.8 Å². The van der Waals surface area contributed by atoms with E-state index in [0.717, 1.165) is 0 Å². The normalized spacial score (nSPS) is 12.1. The minimum atomic E-state index is -0.882. The Morgan fingerprint density at radius 1 is 1.17 bits per heavy atom. The van der Waals surface area contributed by atoms with Gasteiger partial charge in [0.2, 0.25) is 0 Å². The first-order chi connectivity index (χ1) is 11.0. The zero-order chi connectivity index (χ0) is 16.4. The van der Waals surface area contributed by atoms with Gasteiger partial charge in [-0.15, -0.1) is 0 Å². The van der Waals surface area contributed by atoms with Crippen LogP contribution in [0.1, 0.15) is 6.92 Å². The summed E-state index contributed by atoms with van der Waals surface area (Å²) >= 11 is 0. The summed E-state index contributed by atoms with van der Waals surface area (Å²) < 4.78 is 18.8. The van der Waals surface area contributed by atoms with Crippen LogP contribution in [0.4, 0.5) is 10.1 Å². The van der Waals surface area contributed by atoms with Crippen molar-refractivity contribution >= 4 is 22.6 Å². The molecular weight excluding hydrogens is 301 g/mol. The molecule has 23 heavy (non-hydrogen) atoms. The third-order valence-electron chi connectivity index (χ3n) is 3.29. The van der Waals surface area contributed by atoms with Gasteiger partial charge in [0.15, 0.2) is 17.7 Å². The van der Waals surface area contributed by atoms with Crippen LogP contribution in [-0.4, -0.2) is 22.0 Å². The largest absolute Gasteiger partial charge is 0.478 e. The molecule has 0 aliphatic rings. The number of nitrogens with one attached hydrogen (secondary N) is 3. The SMILES string of the molecule is CC(Oc1ccccc1F)C(=O)Nc1ccc2[nH]c(=O)[nH]c2c1. The molecule has 3 rings (SSSR count). The zero-order valence-corrected chi connectivity index (χ0v) is 12.2. The fourth-order valence-electron chi connectivity index (χ4n) is 2.14. The van der Waals surface area contributed by atoms with Gasteiger partial charge in [0, 0.05) is 5.69 Å². The van der Waals surface area contributed by atoms with Crippen LogP contribution < -0.4 is 15.7 Å². The van der Waals surface area contributed by atoms with Gasteiger partial charge in [-0.1, -0.05) is 12.1 Å². The number of benzene rings is 2. The summed E-state index contributed by atoms with van der Waals surface area (Å²) in [5.74, 6) is -0.940. The number of aromatic amines is 2. The first kappa shape index (κ1) is 14.8. The van der Waals surface area contributed by atoms with Gasteiger partial charge in [-0.25, -0.2) is 9.18 Å². The van der Waals surface area contributed by atoms with E-state index in [4.69, 9.17) is 4.74 Å². The molecule has 0 fully saturated rings. The van der Waals surface area contributed by atoms with E-state index in [9.17, 15) is 14.0 Å². The second kappa shape index (κ2) is 5.96. The van der Waals surface area contributed by atoms with Crippen molar-refractivity contribution in [2.75, 3.05) is 5.32 Å². The lowest BCUT2D eigenvalue weighted by Gasteiger charge is -2.15. The topological polar surface area (TPSA) is 87.0 Å². The van der Waals surface area contributed by atoms with Gasteiger partial charge in [0.05, 0.1) is 11.0 Å². The van der Waals surface area contributed by atoms with Gasteiger partial charge in [0.1, 0.15) is 0 Å². The standard InChI is InChI=1S/C16H14FN3O3/c1-9(23-14-5-3-2-4-11(14)17)15(21)18-10-6-7-12-13(8-10)20-16(22)19-12/h2-9H,1H3,(H,18,21)(H2,19,20,22). The Bertz CT molecular complexity index is 916. The van der Waals surface area contributed by atoms with Gasteiger partial charge in [-0.3, -0.25) is 4.79 Å². The van der Waals surface area contributed by atoms with E-state index >= 15 is 0 Å². The van der Waals surface area contributed by atoms with Crippen LogP contribution in [0.3, 0.4) is 0 Å². The van der Waals surface area contributed by atoms with Crippen LogP contribution in [-0.2, 0) is 4.79 Å². The second-order valence-corrected chi connectivity index (χ2v) is 5.02. The smallest absolute Gasteiger partial charge is 0.323 e. The lowest BCUT2D eigenvalue weighted by atomic mass is 10.2. The summed E-state index contributed by atoms with van der Waals surface area (Å²) in [7, 11) is 0. The Balaban J connectivity index is 1.72. The number of anilines is 1. The van der Waals surface area contributed by atoms with Gasteiger partial charge >= 0.3 is 5.69 Å². The Labute approximate surface area is 130 Å². The van der Waals surface area contributed by atoms with Crippen LogP contribution in [0.5, 0.6) is 5.75 Å². The van der Waals surface area contributed by atoms with Gasteiger partial charge in [-0.2, -0.15) is 0 Å². The average molecular weight is 315 g/mol. The number of ether oxygens (including phenoxy) is 1. The number of imidazole rings is 1. The van der Waals surface area contributed by atoms with E-state index < -0.39 is 17.8 Å². The van der Waals surface area contributed by atoms with Crippen LogP contribution in [0, 0.1) is 5.82 Å². The van der Waals surface area contributed by atoms with E-state index in [1.165, 1.54) is 19.1 Å². The molecule has 2 aromatic carbocycles. The molecule has 118 valence electrons. The van der Waals surface area contributed by atoms with Crippen LogP contribution >= 0.6 is 0 Å². The maximum Gasteiger partial charge on any atom is 0.323 e. The van der Waals surface area contributed by atoms with Gasteiger partial charge in [0.25, 0.3) is 5.91 Å². The molecule has 1 atom stereocenters. The Hall–Kier alpha value is -3.09. The maximum atomic E-state index is 13.5. The molecule has 0 saturated heterocycles. The number of halogens is 1. The summed E-state index contributed by atoms with van der Waals surface area (Å²) in [6.45, 7) is 1.53. The number of rotatable bonds is 4. The Kier molecular flexibility index (Phi) is 3.84. The number of para-hydroxylation sites is 1. The molecule has 3 aromatic rings. The molecule has 6 nitrogen and oxygen atoms in total. The summed E-state index contributed by atoms with van der Waals surface area (Å²) in [4.78, 5) is 28.6. The molecule has 0 aliphatic carbocycles. The summed E-state index contributed by atoms with van der Waals surface area (Å²) in [5, 5.41) is 2.66. The molecule has 0 bridgehead atoms. The third kappa shape index (κ3) is 3.23. The summed E-state index contributed by atoms with van der Waals surface area (Å²) in [6, 6.07) is 10.8. The van der Waals surface area contributed by atoms with Crippen molar-refractivity contribution in [3.8, 4) is 5.75 Å². The van der Waals surface area contributed by atoms with Crippen LogP contribution in [0.25, 0.3) is 11.0 Å². The molecule has 0 spiro atoms. The monoisotopic (exact) mass is 315 g/mol. The van der Waals surface area contributed by atoms with E-state index in [1.807, 2.05) is 0 Å². The summed E-state index contributed by atoms with van der Waals surface area (Å²) in [6.07, 6.45) is -0.882. The van der Waals surface area contributed by atoms with E-state index in [2.05, 4.69) is 15.3 Å². The minimum absolute atomic E-state index is 0.0144. The van der Waals surface area contributed by atoms with Crippen molar-refractivity contribution in [2.45, 2.75) is 13.0 Å².